The number of nitrogens with two attached hydrogens (primary N) is 1. The van der Waals surface area contributed by atoms with Crippen molar-refractivity contribution in [2.75, 3.05) is 50.7 Å². The number of aromatic nitrogens is 1. The molecule has 0 radical (unpaired) electrons. The van der Waals surface area contributed by atoms with Crippen LogP contribution >= 0.6 is 0 Å². The van der Waals surface area contributed by atoms with Crippen LogP contribution in [0.3, 0.4) is 0 Å². The van der Waals surface area contributed by atoms with Gasteiger partial charge in [-0.3, -0.25) is 9.69 Å². The van der Waals surface area contributed by atoms with Crippen LogP contribution in [0.4, 0.5) is 11.5 Å². The summed E-state index contributed by atoms with van der Waals surface area (Å²) in [4.78, 5) is 20.9. The Morgan fingerprint density at radius 1 is 1.24 bits per heavy atom. The first-order valence-corrected chi connectivity index (χ1v) is 9.70. The number of hydrogen-bond acceptors (Lipinski definition) is 7. The summed E-state index contributed by atoms with van der Waals surface area (Å²) in [6.45, 7) is 5.84. The van der Waals surface area contributed by atoms with Crippen molar-refractivity contribution in [3.8, 4) is 5.75 Å². The van der Waals surface area contributed by atoms with E-state index in [-0.39, 0.29) is 5.78 Å². The Hall–Kier alpha value is -2.90. The SMILES string of the molecule is COc1ccc(C(=O)/C=C/COCN2CCN(c3ccc(N)nc3)[C@H](C)C2)cc1. The van der Waals surface area contributed by atoms with E-state index in [1.807, 2.05) is 18.3 Å². The summed E-state index contributed by atoms with van der Waals surface area (Å²) in [5.74, 6) is 1.22. The minimum Gasteiger partial charge on any atom is -0.497 e. The fourth-order valence-corrected chi connectivity index (χ4v) is 3.36. The number of ether oxygens (including phenoxy) is 2. The van der Waals surface area contributed by atoms with Gasteiger partial charge in [0.25, 0.3) is 0 Å². The Bertz CT molecular complexity index is 821. The third-order valence-electron chi connectivity index (χ3n) is 4.95. The number of carbonyl (C=O) groups is 1. The molecule has 1 aromatic heterocycles. The molecule has 1 aromatic carbocycles. The number of ketones is 1. The highest BCUT2D eigenvalue weighted by molar-refractivity contribution is 6.04. The summed E-state index contributed by atoms with van der Waals surface area (Å²) in [5.41, 5.74) is 7.39. The van der Waals surface area contributed by atoms with Crippen molar-refractivity contribution in [1.82, 2.24) is 9.88 Å². The van der Waals surface area contributed by atoms with Gasteiger partial charge in [0, 0.05) is 31.2 Å². The van der Waals surface area contributed by atoms with Gasteiger partial charge in [0.05, 0.1) is 32.3 Å². The highest BCUT2D eigenvalue weighted by Gasteiger charge is 2.23. The molecule has 0 bridgehead atoms. The van der Waals surface area contributed by atoms with Gasteiger partial charge < -0.3 is 20.1 Å². The predicted molar refractivity (Wildman–Crippen MR) is 114 cm³/mol. The van der Waals surface area contributed by atoms with E-state index in [4.69, 9.17) is 15.2 Å². The Labute approximate surface area is 171 Å². The number of carbonyl (C=O) groups excluding carboxylic acids is 1. The number of benzene rings is 1. The molecule has 3 rings (SSSR count). The first kappa shape index (κ1) is 20.8. The fraction of sp³-hybridized carbons (Fsp3) is 0.364. The maximum atomic E-state index is 12.1. The van der Waals surface area contributed by atoms with Crippen LogP contribution in [0.1, 0.15) is 17.3 Å². The molecule has 29 heavy (non-hydrogen) atoms. The summed E-state index contributed by atoms with van der Waals surface area (Å²) in [5, 5.41) is 0. The molecular formula is C22H28N4O3. The van der Waals surface area contributed by atoms with Gasteiger partial charge >= 0.3 is 0 Å². The molecule has 2 heterocycles. The van der Waals surface area contributed by atoms with Crippen LogP contribution < -0.4 is 15.4 Å². The van der Waals surface area contributed by atoms with E-state index in [0.29, 0.717) is 30.8 Å². The Kier molecular flexibility index (Phi) is 7.21. The maximum Gasteiger partial charge on any atom is 0.185 e. The highest BCUT2D eigenvalue weighted by atomic mass is 16.5. The Morgan fingerprint density at radius 3 is 2.69 bits per heavy atom. The van der Waals surface area contributed by atoms with Gasteiger partial charge in [-0.2, -0.15) is 0 Å². The molecule has 0 spiro atoms. The molecule has 154 valence electrons. The maximum absolute atomic E-state index is 12.1. The van der Waals surface area contributed by atoms with Gasteiger partial charge in [0.2, 0.25) is 0 Å². The lowest BCUT2D eigenvalue weighted by Crippen LogP contribution is -2.52. The molecular weight excluding hydrogens is 368 g/mol. The van der Waals surface area contributed by atoms with Crippen molar-refractivity contribution < 1.29 is 14.3 Å². The molecule has 0 unspecified atom stereocenters. The van der Waals surface area contributed by atoms with Gasteiger partial charge in [-0.1, -0.05) is 6.08 Å². The average molecular weight is 396 g/mol. The molecule has 2 N–H and O–H groups in total. The standard InChI is InChI=1S/C22H28N4O3/c1-17-15-25(11-12-26(17)19-7-10-22(23)24-14-19)16-29-13-3-4-21(27)18-5-8-20(28-2)9-6-18/h3-10,14,17H,11-13,15-16H2,1-2H3,(H2,23,24)/b4-3+/t17-/m1/s1. The zero-order valence-electron chi connectivity index (χ0n) is 17.0. The second-order valence-corrected chi connectivity index (χ2v) is 7.06. The zero-order chi connectivity index (χ0) is 20.6. The van der Waals surface area contributed by atoms with Crippen LogP contribution in [0.25, 0.3) is 0 Å². The van der Waals surface area contributed by atoms with Gasteiger partial charge in [0.1, 0.15) is 11.6 Å². The second-order valence-electron chi connectivity index (χ2n) is 7.06. The Balaban J connectivity index is 1.39. The van der Waals surface area contributed by atoms with Gasteiger partial charge in [-0.15, -0.1) is 0 Å². The van der Waals surface area contributed by atoms with Crippen LogP contribution in [0.5, 0.6) is 5.75 Å². The van der Waals surface area contributed by atoms with Crippen LogP contribution in [0.2, 0.25) is 0 Å². The number of rotatable bonds is 8. The molecule has 1 fully saturated rings. The summed E-state index contributed by atoms with van der Waals surface area (Å²) in [6.07, 6.45) is 5.13. The monoisotopic (exact) mass is 396 g/mol. The van der Waals surface area contributed by atoms with Crippen LogP contribution in [-0.4, -0.2) is 61.8 Å². The van der Waals surface area contributed by atoms with Crippen LogP contribution in [-0.2, 0) is 4.74 Å². The molecule has 2 aromatic rings. The molecule has 0 aliphatic carbocycles. The van der Waals surface area contributed by atoms with Crippen LogP contribution in [0.15, 0.2) is 54.7 Å². The van der Waals surface area contributed by atoms with E-state index < -0.39 is 0 Å². The number of piperazine rings is 1. The molecule has 1 aliphatic rings. The van der Waals surface area contributed by atoms with Gasteiger partial charge in [0.15, 0.2) is 5.78 Å². The molecule has 1 saturated heterocycles. The quantitative estimate of drug-likeness (QED) is 0.417. The van der Waals surface area contributed by atoms with E-state index in [0.717, 1.165) is 31.1 Å². The first-order chi connectivity index (χ1) is 14.1. The number of pyridine rings is 1. The van der Waals surface area contributed by atoms with E-state index in [1.165, 1.54) is 0 Å². The topological polar surface area (TPSA) is 80.9 Å². The minimum atomic E-state index is -0.0457. The number of nitrogens with zero attached hydrogens (tertiary/aromatic N) is 3. The number of hydrogen-bond donors (Lipinski definition) is 1. The molecule has 7 heteroatoms. The third kappa shape index (κ3) is 5.79. The van der Waals surface area contributed by atoms with E-state index in [2.05, 4.69) is 21.7 Å². The van der Waals surface area contributed by atoms with Crippen LogP contribution in [0, 0.1) is 0 Å². The molecule has 1 atom stereocenters. The molecule has 0 saturated carbocycles. The van der Waals surface area contributed by atoms with Crippen molar-refractivity contribution in [2.24, 2.45) is 0 Å². The summed E-state index contributed by atoms with van der Waals surface area (Å²) >= 11 is 0. The second kappa shape index (κ2) is 10.0. The largest absolute Gasteiger partial charge is 0.497 e. The van der Waals surface area contributed by atoms with Gasteiger partial charge in [-0.25, -0.2) is 4.98 Å². The minimum absolute atomic E-state index is 0.0457. The highest BCUT2D eigenvalue weighted by Crippen LogP contribution is 2.20. The lowest BCUT2D eigenvalue weighted by Gasteiger charge is -2.40. The number of methoxy groups -OCH3 is 1. The van der Waals surface area contributed by atoms with Crippen molar-refractivity contribution in [3.05, 3.63) is 60.3 Å². The molecule has 0 amide bonds. The van der Waals surface area contributed by atoms with Crippen molar-refractivity contribution in [2.45, 2.75) is 13.0 Å². The van der Waals surface area contributed by atoms with Crippen molar-refractivity contribution >= 4 is 17.3 Å². The molecule has 7 nitrogen and oxygen atoms in total. The lowest BCUT2D eigenvalue weighted by molar-refractivity contribution is 0.0337. The zero-order valence-corrected chi connectivity index (χ0v) is 17.0. The number of anilines is 2. The fourth-order valence-electron chi connectivity index (χ4n) is 3.36. The number of nitrogen functional groups attached to an aromatic ring is 1. The summed E-state index contributed by atoms with van der Waals surface area (Å²) < 4.78 is 10.8. The van der Waals surface area contributed by atoms with Crippen molar-refractivity contribution in [1.29, 1.82) is 0 Å². The van der Waals surface area contributed by atoms with Crippen molar-refractivity contribution in [3.63, 3.8) is 0 Å². The smallest absolute Gasteiger partial charge is 0.185 e. The third-order valence-corrected chi connectivity index (χ3v) is 4.95. The van der Waals surface area contributed by atoms with E-state index in [9.17, 15) is 4.79 Å². The Morgan fingerprint density at radius 2 is 2.03 bits per heavy atom. The first-order valence-electron chi connectivity index (χ1n) is 9.70. The molecule has 1 aliphatic heterocycles. The van der Waals surface area contributed by atoms with E-state index in [1.54, 1.807) is 43.5 Å². The van der Waals surface area contributed by atoms with Gasteiger partial charge in [-0.05, 0) is 49.4 Å². The number of allylic oxidation sites excluding steroid dienone is 1. The summed E-state index contributed by atoms with van der Waals surface area (Å²) in [7, 11) is 1.60. The normalized spacial score (nSPS) is 17.6. The lowest BCUT2D eigenvalue weighted by atomic mass is 10.1. The van der Waals surface area contributed by atoms with E-state index >= 15 is 0 Å². The average Bonchev–Trinajstić information content (AvgIpc) is 2.74. The summed E-state index contributed by atoms with van der Waals surface area (Å²) in [6, 6.07) is 11.3. The predicted octanol–water partition coefficient (Wildman–Crippen LogP) is 2.60.